The molecule has 3 aromatic rings. The Morgan fingerprint density at radius 1 is 1.32 bits per heavy atom. The van der Waals surface area contributed by atoms with E-state index in [1.807, 2.05) is 31.2 Å². The second kappa shape index (κ2) is 7.38. The summed E-state index contributed by atoms with van der Waals surface area (Å²) in [4.78, 5) is 18.0. The molecule has 0 atom stereocenters. The molecule has 0 fully saturated rings. The lowest BCUT2D eigenvalue weighted by Gasteiger charge is -2.15. The lowest BCUT2D eigenvalue weighted by Crippen LogP contribution is -2.36. The molecule has 0 radical (unpaired) electrons. The molecule has 0 aliphatic heterocycles. The number of furan rings is 1. The van der Waals surface area contributed by atoms with Crippen molar-refractivity contribution >= 4 is 17.0 Å². The molecule has 25 heavy (non-hydrogen) atoms. The summed E-state index contributed by atoms with van der Waals surface area (Å²) in [5.74, 6) is 1.86. The smallest absolute Gasteiger partial charge is 0.317 e. The minimum absolute atomic E-state index is 0.227. The van der Waals surface area contributed by atoms with Crippen LogP contribution in [-0.2, 0) is 19.5 Å². The molecule has 2 aromatic heterocycles. The number of fused-ring (bicyclic) bond motifs is 1. The highest BCUT2D eigenvalue weighted by molar-refractivity contribution is 5.82. The van der Waals surface area contributed by atoms with Gasteiger partial charge in [0.05, 0.1) is 6.54 Å². The zero-order chi connectivity index (χ0) is 17.8. The lowest BCUT2D eigenvalue weighted by atomic mass is 10.1. The Morgan fingerprint density at radius 2 is 2.12 bits per heavy atom. The number of nitrogens with one attached hydrogen (secondary N) is 1. The Bertz CT molecular complexity index is 868. The van der Waals surface area contributed by atoms with E-state index in [0.29, 0.717) is 18.3 Å². The standard InChI is InChI=1S/C18H22N4O3/c1-4-7-16-20-17(25-21-16)11-22(3)18(23)19-10-15-12(2)13-8-5-6-9-14(13)24-15/h5-6,8-9H,4,7,10-11H2,1-3H3,(H,19,23). The molecular formula is C18H22N4O3. The van der Waals surface area contributed by atoms with Gasteiger partial charge in [-0.15, -0.1) is 0 Å². The van der Waals surface area contributed by atoms with Gasteiger partial charge >= 0.3 is 6.03 Å². The van der Waals surface area contributed by atoms with Gasteiger partial charge < -0.3 is 19.2 Å². The molecule has 0 saturated heterocycles. The molecule has 0 saturated carbocycles. The molecule has 1 aromatic carbocycles. The van der Waals surface area contributed by atoms with Gasteiger partial charge in [-0.05, 0) is 19.4 Å². The van der Waals surface area contributed by atoms with E-state index < -0.39 is 0 Å². The SMILES string of the molecule is CCCc1noc(CN(C)C(=O)NCc2oc3ccccc3c2C)n1. The average Bonchev–Trinajstić information content (AvgIpc) is 3.18. The third-order valence-corrected chi connectivity index (χ3v) is 4.05. The maximum atomic E-state index is 12.3. The van der Waals surface area contributed by atoms with E-state index in [2.05, 4.69) is 22.4 Å². The van der Waals surface area contributed by atoms with Crippen LogP contribution in [0.15, 0.2) is 33.2 Å². The quantitative estimate of drug-likeness (QED) is 0.742. The van der Waals surface area contributed by atoms with Gasteiger partial charge in [-0.3, -0.25) is 0 Å². The van der Waals surface area contributed by atoms with Crippen LogP contribution in [0.2, 0.25) is 0 Å². The Labute approximate surface area is 146 Å². The van der Waals surface area contributed by atoms with Crippen LogP contribution < -0.4 is 5.32 Å². The molecule has 2 heterocycles. The predicted octanol–water partition coefficient (Wildman–Crippen LogP) is 3.42. The number of carbonyl (C=O) groups is 1. The van der Waals surface area contributed by atoms with Crippen molar-refractivity contribution < 1.29 is 13.7 Å². The Balaban J connectivity index is 1.58. The highest BCUT2D eigenvalue weighted by atomic mass is 16.5. The fraction of sp³-hybridized carbons (Fsp3) is 0.389. The molecule has 7 heteroatoms. The van der Waals surface area contributed by atoms with Crippen LogP contribution in [0.4, 0.5) is 4.79 Å². The van der Waals surface area contributed by atoms with Gasteiger partial charge in [-0.2, -0.15) is 4.98 Å². The summed E-state index contributed by atoms with van der Waals surface area (Å²) >= 11 is 0. The molecule has 0 aliphatic rings. The van der Waals surface area contributed by atoms with Gasteiger partial charge in [-0.1, -0.05) is 30.3 Å². The molecule has 3 rings (SSSR count). The highest BCUT2D eigenvalue weighted by Gasteiger charge is 2.15. The first-order valence-electron chi connectivity index (χ1n) is 8.36. The van der Waals surface area contributed by atoms with Crippen LogP contribution >= 0.6 is 0 Å². The van der Waals surface area contributed by atoms with Gasteiger partial charge in [0.2, 0.25) is 5.89 Å². The third kappa shape index (κ3) is 3.81. The Morgan fingerprint density at radius 3 is 2.88 bits per heavy atom. The summed E-state index contributed by atoms with van der Waals surface area (Å²) in [5, 5.41) is 7.81. The molecular weight excluding hydrogens is 320 g/mol. The fourth-order valence-electron chi connectivity index (χ4n) is 2.64. The molecule has 0 unspecified atom stereocenters. The number of benzene rings is 1. The topological polar surface area (TPSA) is 84.4 Å². The third-order valence-electron chi connectivity index (χ3n) is 4.05. The largest absolute Gasteiger partial charge is 0.459 e. The van der Waals surface area contributed by atoms with Crippen molar-refractivity contribution in [3.8, 4) is 0 Å². The zero-order valence-electron chi connectivity index (χ0n) is 14.7. The van der Waals surface area contributed by atoms with Crippen molar-refractivity contribution in [2.24, 2.45) is 0 Å². The van der Waals surface area contributed by atoms with Crippen molar-refractivity contribution in [2.75, 3.05) is 7.05 Å². The first-order chi connectivity index (χ1) is 12.1. The molecule has 0 aliphatic carbocycles. The van der Waals surface area contributed by atoms with Crippen LogP contribution in [0, 0.1) is 6.92 Å². The van der Waals surface area contributed by atoms with Crippen molar-refractivity contribution in [1.29, 1.82) is 0 Å². The first kappa shape index (κ1) is 17.0. The van der Waals surface area contributed by atoms with E-state index in [-0.39, 0.29) is 12.6 Å². The molecule has 2 amide bonds. The normalized spacial score (nSPS) is 11.0. The van der Waals surface area contributed by atoms with Gasteiger partial charge in [0, 0.05) is 24.4 Å². The number of urea groups is 1. The van der Waals surface area contributed by atoms with E-state index in [4.69, 9.17) is 8.94 Å². The lowest BCUT2D eigenvalue weighted by molar-refractivity contribution is 0.198. The summed E-state index contributed by atoms with van der Waals surface area (Å²) in [5.41, 5.74) is 1.87. The van der Waals surface area contributed by atoms with Gasteiger partial charge in [0.25, 0.3) is 0 Å². The fourth-order valence-corrected chi connectivity index (χ4v) is 2.64. The summed E-state index contributed by atoms with van der Waals surface area (Å²) in [6.07, 6.45) is 1.72. The van der Waals surface area contributed by atoms with Crippen LogP contribution in [0.5, 0.6) is 0 Å². The number of hydrogen-bond acceptors (Lipinski definition) is 5. The molecule has 7 nitrogen and oxygen atoms in total. The maximum Gasteiger partial charge on any atom is 0.317 e. The van der Waals surface area contributed by atoms with E-state index in [1.165, 1.54) is 4.90 Å². The molecule has 132 valence electrons. The van der Waals surface area contributed by atoms with Crippen molar-refractivity contribution in [1.82, 2.24) is 20.4 Å². The summed E-state index contributed by atoms with van der Waals surface area (Å²) in [6.45, 7) is 4.64. The Kier molecular flexibility index (Phi) is 5.02. The summed E-state index contributed by atoms with van der Waals surface area (Å²) in [7, 11) is 1.69. The number of nitrogens with zero attached hydrogens (tertiary/aromatic N) is 3. The number of aryl methyl sites for hydroxylation is 2. The van der Waals surface area contributed by atoms with Crippen LogP contribution in [0.1, 0.15) is 36.4 Å². The second-order valence-electron chi connectivity index (χ2n) is 6.02. The van der Waals surface area contributed by atoms with Crippen LogP contribution in [-0.4, -0.2) is 28.1 Å². The number of hydrogen-bond donors (Lipinski definition) is 1. The number of carbonyl (C=O) groups excluding carboxylic acids is 1. The van der Waals surface area contributed by atoms with E-state index in [9.17, 15) is 4.79 Å². The number of amides is 2. The minimum Gasteiger partial charge on any atom is -0.459 e. The summed E-state index contributed by atoms with van der Waals surface area (Å²) in [6, 6.07) is 7.60. The first-order valence-corrected chi connectivity index (χ1v) is 8.36. The van der Waals surface area contributed by atoms with Gasteiger partial charge in [0.1, 0.15) is 17.9 Å². The number of para-hydroxylation sites is 1. The van der Waals surface area contributed by atoms with Gasteiger partial charge in [-0.25, -0.2) is 4.79 Å². The van der Waals surface area contributed by atoms with Gasteiger partial charge in [0.15, 0.2) is 5.82 Å². The van der Waals surface area contributed by atoms with Crippen LogP contribution in [0.25, 0.3) is 11.0 Å². The van der Waals surface area contributed by atoms with Crippen molar-refractivity contribution in [3.05, 3.63) is 47.3 Å². The second-order valence-corrected chi connectivity index (χ2v) is 6.02. The molecule has 0 spiro atoms. The molecule has 1 N–H and O–H groups in total. The van der Waals surface area contributed by atoms with E-state index in [1.54, 1.807) is 7.05 Å². The van der Waals surface area contributed by atoms with Crippen molar-refractivity contribution in [3.63, 3.8) is 0 Å². The van der Waals surface area contributed by atoms with Crippen molar-refractivity contribution in [2.45, 2.75) is 39.8 Å². The minimum atomic E-state index is -0.227. The predicted molar refractivity (Wildman–Crippen MR) is 92.9 cm³/mol. The van der Waals surface area contributed by atoms with E-state index in [0.717, 1.165) is 35.1 Å². The number of aromatic nitrogens is 2. The summed E-state index contributed by atoms with van der Waals surface area (Å²) < 4.78 is 11.0. The van der Waals surface area contributed by atoms with E-state index >= 15 is 0 Å². The zero-order valence-corrected chi connectivity index (χ0v) is 14.7. The maximum absolute atomic E-state index is 12.3. The highest BCUT2D eigenvalue weighted by Crippen LogP contribution is 2.24. The Hall–Kier alpha value is -2.83. The average molecular weight is 342 g/mol. The molecule has 0 bridgehead atoms. The monoisotopic (exact) mass is 342 g/mol. The van der Waals surface area contributed by atoms with Crippen LogP contribution in [0.3, 0.4) is 0 Å². The number of rotatable bonds is 6.